The van der Waals surface area contributed by atoms with Crippen molar-refractivity contribution in [2.24, 2.45) is 0 Å². The molecule has 2 rings (SSSR count). The summed E-state index contributed by atoms with van der Waals surface area (Å²) < 4.78 is 7.24. The molecule has 2 atom stereocenters. The fourth-order valence-electron chi connectivity index (χ4n) is 1.91. The summed E-state index contributed by atoms with van der Waals surface area (Å²) in [6.45, 7) is 3.99. The van der Waals surface area contributed by atoms with E-state index in [1.165, 1.54) is 0 Å². The molecule has 18 heavy (non-hydrogen) atoms. The van der Waals surface area contributed by atoms with Crippen LogP contribution in [-0.2, 0) is 4.74 Å². The van der Waals surface area contributed by atoms with E-state index in [2.05, 4.69) is 4.98 Å². The van der Waals surface area contributed by atoms with Crippen LogP contribution in [0.5, 0.6) is 0 Å². The third-order valence-electron chi connectivity index (χ3n) is 3.31. The summed E-state index contributed by atoms with van der Waals surface area (Å²) in [4.78, 5) is 15.3. The van der Waals surface area contributed by atoms with E-state index in [1.54, 1.807) is 31.6 Å². The van der Waals surface area contributed by atoms with Gasteiger partial charge in [-0.05, 0) is 32.0 Å². The van der Waals surface area contributed by atoms with E-state index >= 15 is 0 Å². The highest BCUT2D eigenvalue weighted by Crippen LogP contribution is 2.22. The van der Waals surface area contributed by atoms with Crippen LogP contribution in [-0.4, -0.2) is 33.8 Å². The number of hydrogen-bond acceptors (Lipinski definition) is 3. The fourth-order valence-corrected chi connectivity index (χ4v) is 1.91. The molecule has 0 bridgehead atoms. The Morgan fingerprint density at radius 2 is 2.17 bits per heavy atom. The molecule has 0 radical (unpaired) electrons. The second kappa shape index (κ2) is 4.78. The number of methoxy groups -OCH3 is 1. The Balaban J connectivity index is 2.51. The summed E-state index contributed by atoms with van der Waals surface area (Å²) >= 11 is 0. The number of carboxylic acids is 1. The Labute approximate surface area is 105 Å². The standard InChI is InChI=1S/C13H16N2O3/c1-8(9(2)18-3)15-7-14-11-5-4-10(13(16)17)6-12(11)15/h4-9H,1-3H3,(H,16,17)/t8-,9-/m1/s1. The molecule has 1 aromatic carbocycles. The van der Waals surface area contributed by atoms with Crippen LogP contribution in [0, 0.1) is 0 Å². The lowest BCUT2D eigenvalue weighted by Gasteiger charge is -2.20. The third-order valence-corrected chi connectivity index (χ3v) is 3.31. The van der Waals surface area contributed by atoms with E-state index in [0.29, 0.717) is 0 Å². The summed E-state index contributed by atoms with van der Waals surface area (Å²) in [6.07, 6.45) is 1.74. The van der Waals surface area contributed by atoms with Crippen LogP contribution in [0.4, 0.5) is 0 Å². The summed E-state index contributed by atoms with van der Waals surface area (Å²) in [5, 5.41) is 9.01. The number of hydrogen-bond donors (Lipinski definition) is 1. The molecule has 0 saturated carbocycles. The van der Waals surface area contributed by atoms with Gasteiger partial charge in [-0.2, -0.15) is 0 Å². The van der Waals surface area contributed by atoms with Crippen molar-refractivity contribution < 1.29 is 14.6 Å². The maximum Gasteiger partial charge on any atom is 0.335 e. The lowest BCUT2D eigenvalue weighted by Crippen LogP contribution is -2.19. The first-order valence-electron chi connectivity index (χ1n) is 5.77. The average Bonchev–Trinajstić information content (AvgIpc) is 2.79. The quantitative estimate of drug-likeness (QED) is 0.901. The molecule has 96 valence electrons. The van der Waals surface area contributed by atoms with Crippen LogP contribution in [0.15, 0.2) is 24.5 Å². The fraction of sp³-hybridized carbons (Fsp3) is 0.385. The van der Waals surface area contributed by atoms with E-state index in [-0.39, 0.29) is 17.7 Å². The van der Waals surface area contributed by atoms with E-state index in [1.807, 2.05) is 18.4 Å². The number of carboxylic acid groups (broad SMARTS) is 1. The highest BCUT2D eigenvalue weighted by atomic mass is 16.5. The molecule has 0 fully saturated rings. The summed E-state index contributed by atoms with van der Waals surface area (Å²) in [6, 6.07) is 5.01. The summed E-state index contributed by atoms with van der Waals surface area (Å²) in [5.74, 6) is -0.933. The van der Waals surface area contributed by atoms with Gasteiger partial charge in [0.25, 0.3) is 0 Å². The number of ether oxygens (including phenoxy) is 1. The van der Waals surface area contributed by atoms with Crippen molar-refractivity contribution in [2.75, 3.05) is 7.11 Å². The first-order chi connectivity index (χ1) is 8.54. The van der Waals surface area contributed by atoms with Crippen LogP contribution < -0.4 is 0 Å². The van der Waals surface area contributed by atoms with Gasteiger partial charge in [-0.15, -0.1) is 0 Å². The normalized spacial score (nSPS) is 14.6. The van der Waals surface area contributed by atoms with Gasteiger partial charge in [0.2, 0.25) is 0 Å². The summed E-state index contributed by atoms with van der Waals surface area (Å²) in [7, 11) is 1.66. The lowest BCUT2D eigenvalue weighted by atomic mass is 10.1. The number of nitrogens with zero attached hydrogens (tertiary/aromatic N) is 2. The maximum atomic E-state index is 11.0. The van der Waals surface area contributed by atoms with Gasteiger partial charge in [-0.3, -0.25) is 0 Å². The minimum Gasteiger partial charge on any atom is -0.478 e. The van der Waals surface area contributed by atoms with Crippen molar-refractivity contribution in [2.45, 2.75) is 26.0 Å². The largest absolute Gasteiger partial charge is 0.478 e. The lowest BCUT2D eigenvalue weighted by molar-refractivity contribution is 0.0697. The minimum absolute atomic E-state index is 0.0240. The van der Waals surface area contributed by atoms with E-state index < -0.39 is 5.97 Å². The van der Waals surface area contributed by atoms with Crippen LogP contribution in [0.25, 0.3) is 11.0 Å². The van der Waals surface area contributed by atoms with Gasteiger partial charge in [-0.1, -0.05) is 0 Å². The zero-order valence-corrected chi connectivity index (χ0v) is 10.6. The van der Waals surface area contributed by atoms with Crippen LogP contribution in [0.2, 0.25) is 0 Å². The second-order valence-corrected chi connectivity index (χ2v) is 4.34. The number of carbonyl (C=O) groups is 1. The van der Waals surface area contributed by atoms with Crippen molar-refractivity contribution in [3.8, 4) is 0 Å². The second-order valence-electron chi connectivity index (χ2n) is 4.34. The number of benzene rings is 1. The molecule has 5 heteroatoms. The average molecular weight is 248 g/mol. The Morgan fingerprint density at radius 3 is 2.78 bits per heavy atom. The third kappa shape index (κ3) is 2.09. The minimum atomic E-state index is -0.933. The molecule has 1 aromatic heterocycles. The molecule has 2 aromatic rings. The molecule has 0 unspecified atom stereocenters. The van der Waals surface area contributed by atoms with Gasteiger partial charge in [0.1, 0.15) is 0 Å². The molecule has 0 aliphatic rings. The Morgan fingerprint density at radius 1 is 1.44 bits per heavy atom. The van der Waals surface area contributed by atoms with Crippen molar-refractivity contribution >= 4 is 17.0 Å². The van der Waals surface area contributed by atoms with Crippen LogP contribution in [0.3, 0.4) is 0 Å². The molecular weight excluding hydrogens is 232 g/mol. The number of aromatic nitrogens is 2. The van der Waals surface area contributed by atoms with E-state index in [9.17, 15) is 4.79 Å². The predicted molar refractivity (Wildman–Crippen MR) is 67.9 cm³/mol. The first kappa shape index (κ1) is 12.6. The van der Waals surface area contributed by atoms with Gasteiger partial charge in [0.15, 0.2) is 0 Å². The topological polar surface area (TPSA) is 64.4 Å². The van der Waals surface area contributed by atoms with Crippen LogP contribution >= 0.6 is 0 Å². The molecule has 0 saturated heterocycles. The Kier molecular flexibility index (Phi) is 3.34. The van der Waals surface area contributed by atoms with Gasteiger partial charge in [0, 0.05) is 7.11 Å². The van der Waals surface area contributed by atoms with E-state index in [4.69, 9.17) is 9.84 Å². The zero-order chi connectivity index (χ0) is 13.3. The van der Waals surface area contributed by atoms with Gasteiger partial charge < -0.3 is 14.4 Å². The van der Waals surface area contributed by atoms with Gasteiger partial charge in [0.05, 0.1) is 35.1 Å². The Bertz CT molecular complexity index is 577. The van der Waals surface area contributed by atoms with Crippen molar-refractivity contribution in [3.63, 3.8) is 0 Å². The van der Waals surface area contributed by atoms with Gasteiger partial charge in [-0.25, -0.2) is 9.78 Å². The SMILES string of the molecule is CO[C@H](C)[C@@H](C)n1cnc2ccc(C(=O)O)cc21. The molecular formula is C13H16N2O3. The van der Waals surface area contributed by atoms with Crippen molar-refractivity contribution in [1.82, 2.24) is 9.55 Å². The molecule has 0 spiro atoms. The molecule has 1 heterocycles. The zero-order valence-electron chi connectivity index (χ0n) is 10.6. The molecule has 1 N–H and O–H groups in total. The highest BCUT2D eigenvalue weighted by molar-refractivity contribution is 5.92. The van der Waals surface area contributed by atoms with E-state index in [0.717, 1.165) is 11.0 Å². The smallest absolute Gasteiger partial charge is 0.335 e. The Hall–Kier alpha value is -1.88. The number of imidazole rings is 1. The molecule has 0 amide bonds. The van der Waals surface area contributed by atoms with Crippen molar-refractivity contribution in [1.29, 1.82) is 0 Å². The summed E-state index contributed by atoms with van der Waals surface area (Å²) in [5.41, 5.74) is 1.86. The van der Waals surface area contributed by atoms with Crippen molar-refractivity contribution in [3.05, 3.63) is 30.1 Å². The number of aromatic carboxylic acids is 1. The monoisotopic (exact) mass is 248 g/mol. The molecule has 0 aliphatic heterocycles. The maximum absolute atomic E-state index is 11.0. The molecule has 0 aliphatic carbocycles. The predicted octanol–water partition coefficient (Wildman–Crippen LogP) is 2.33. The number of fused-ring (bicyclic) bond motifs is 1. The van der Waals surface area contributed by atoms with Gasteiger partial charge >= 0.3 is 5.97 Å². The highest BCUT2D eigenvalue weighted by Gasteiger charge is 2.16. The molecule has 5 nitrogen and oxygen atoms in total. The van der Waals surface area contributed by atoms with Crippen LogP contribution in [0.1, 0.15) is 30.2 Å². The number of rotatable bonds is 4. The first-order valence-corrected chi connectivity index (χ1v) is 5.77.